The van der Waals surface area contributed by atoms with Crippen molar-refractivity contribution in [2.24, 2.45) is 0 Å². The highest BCUT2D eigenvalue weighted by molar-refractivity contribution is 8.00. The number of cyclic esters (lactones) is 1. The first-order valence-corrected chi connectivity index (χ1v) is 12.9. The second-order valence-corrected chi connectivity index (χ2v) is 9.24. The van der Waals surface area contributed by atoms with Crippen LogP contribution in [0.15, 0.2) is 0 Å². The normalized spacial score (nSPS) is 20.3. The topological polar surface area (TPSA) is 46.5 Å². The van der Waals surface area contributed by atoms with Crippen LogP contribution in [-0.4, -0.2) is 34.8 Å². The number of ether oxygens (including phenoxy) is 1. The number of unbranched alkanes of at least 4 members (excludes halogenated alkanes) is 14. The van der Waals surface area contributed by atoms with Crippen LogP contribution in [0.3, 0.4) is 0 Å². The predicted octanol–water partition coefficient (Wildman–Crippen LogP) is 6.66. The second-order valence-electron chi connectivity index (χ2n) is 8.26. The molecule has 0 spiro atoms. The largest absolute Gasteiger partial charge is 0.460 e. The summed E-state index contributed by atoms with van der Waals surface area (Å²) < 4.78 is 5.12. The molecule has 1 fully saturated rings. The van der Waals surface area contributed by atoms with Crippen LogP contribution in [0.5, 0.6) is 0 Å². The third kappa shape index (κ3) is 12.1. The summed E-state index contributed by atoms with van der Waals surface area (Å²) in [6, 6.07) is 0. The molecule has 0 saturated carbocycles. The zero-order valence-corrected chi connectivity index (χ0v) is 18.7. The third-order valence-electron chi connectivity index (χ3n) is 5.74. The Morgan fingerprint density at radius 2 is 1.30 bits per heavy atom. The standard InChI is InChI=1S/C23H44O3S/c1-3-4-5-6-7-8-9-10-11-12-13-14-15-16-17-18-20(24)19-21-22(27-2)23(25)26-21/h20-22,24H,3-19H2,1-2H3/t20-,21-,22-/m0/s1. The summed E-state index contributed by atoms with van der Waals surface area (Å²) in [5.74, 6) is -0.119. The van der Waals surface area contributed by atoms with Crippen molar-refractivity contribution in [1.29, 1.82) is 0 Å². The number of hydrogen-bond acceptors (Lipinski definition) is 4. The number of aliphatic hydroxyl groups is 1. The van der Waals surface area contributed by atoms with E-state index >= 15 is 0 Å². The van der Waals surface area contributed by atoms with Gasteiger partial charge in [-0.2, -0.15) is 0 Å². The second kappa shape index (κ2) is 16.7. The fraction of sp³-hybridized carbons (Fsp3) is 0.957. The first kappa shape index (κ1) is 24.8. The molecule has 27 heavy (non-hydrogen) atoms. The summed E-state index contributed by atoms with van der Waals surface area (Å²) in [5.41, 5.74) is 0. The van der Waals surface area contributed by atoms with Gasteiger partial charge in [0.05, 0.1) is 6.10 Å². The van der Waals surface area contributed by atoms with Gasteiger partial charge in [0.1, 0.15) is 11.4 Å². The Hall–Kier alpha value is -0.220. The number of rotatable bonds is 19. The minimum atomic E-state index is -0.320. The Balaban J connectivity index is 1.77. The van der Waals surface area contributed by atoms with Crippen LogP contribution in [-0.2, 0) is 9.53 Å². The van der Waals surface area contributed by atoms with Crippen LogP contribution < -0.4 is 0 Å². The van der Waals surface area contributed by atoms with Crippen LogP contribution in [0.1, 0.15) is 116 Å². The highest BCUT2D eigenvalue weighted by Crippen LogP contribution is 2.29. The third-order valence-corrected chi connectivity index (χ3v) is 6.74. The van der Waals surface area contributed by atoms with E-state index in [9.17, 15) is 9.90 Å². The molecule has 0 aromatic heterocycles. The molecule has 0 amide bonds. The molecule has 1 aliphatic heterocycles. The average molecular weight is 401 g/mol. The van der Waals surface area contributed by atoms with Crippen molar-refractivity contribution in [3.8, 4) is 0 Å². The van der Waals surface area contributed by atoms with Crippen LogP contribution in [0.4, 0.5) is 0 Å². The Labute approximate surface area is 172 Å². The van der Waals surface area contributed by atoms with Crippen molar-refractivity contribution in [2.45, 2.75) is 134 Å². The number of aliphatic hydroxyl groups excluding tert-OH is 1. The van der Waals surface area contributed by atoms with Gasteiger partial charge in [0.25, 0.3) is 0 Å². The summed E-state index contributed by atoms with van der Waals surface area (Å²) in [6.07, 6.45) is 23.4. The van der Waals surface area contributed by atoms with Crippen LogP contribution in [0.2, 0.25) is 0 Å². The monoisotopic (exact) mass is 400 g/mol. The number of esters is 1. The molecule has 0 aromatic carbocycles. The number of hydrogen-bond donors (Lipinski definition) is 1. The first-order chi connectivity index (χ1) is 13.2. The Morgan fingerprint density at radius 3 is 1.70 bits per heavy atom. The van der Waals surface area contributed by atoms with Gasteiger partial charge >= 0.3 is 5.97 Å². The van der Waals surface area contributed by atoms with Gasteiger partial charge in [-0.1, -0.05) is 103 Å². The molecule has 1 saturated heterocycles. The highest BCUT2D eigenvalue weighted by Gasteiger charge is 2.42. The maximum atomic E-state index is 11.2. The summed E-state index contributed by atoms with van der Waals surface area (Å²) in [5, 5.41) is 10.0. The van der Waals surface area contributed by atoms with E-state index in [1.54, 1.807) is 0 Å². The Bertz CT molecular complexity index is 362. The lowest BCUT2D eigenvalue weighted by molar-refractivity contribution is -0.169. The molecule has 1 rings (SSSR count). The van der Waals surface area contributed by atoms with Gasteiger partial charge in [0.2, 0.25) is 0 Å². The van der Waals surface area contributed by atoms with Gasteiger partial charge in [-0.05, 0) is 12.7 Å². The molecule has 0 radical (unpaired) electrons. The summed E-state index contributed by atoms with van der Waals surface area (Å²) in [4.78, 5) is 11.2. The lowest BCUT2D eigenvalue weighted by Gasteiger charge is -2.35. The van der Waals surface area contributed by atoms with Crippen molar-refractivity contribution in [1.82, 2.24) is 0 Å². The smallest absolute Gasteiger partial charge is 0.323 e. The predicted molar refractivity (Wildman–Crippen MR) is 117 cm³/mol. The van der Waals surface area contributed by atoms with E-state index in [0.717, 1.165) is 12.8 Å². The van der Waals surface area contributed by atoms with Crippen molar-refractivity contribution >= 4 is 17.7 Å². The molecule has 0 aliphatic carbocycles. The van der Waals surface area contributed by atoms with Crippen molar-refractivity contribution in [3.63, 3.8) is 0 Å². The van der Waals surface area contributed by atoms with Crippen molar-refractivity contribution < 1.29 is 14.6 Å². The number of carbonyl (C=O) groups excluding carboxylic acids is 1. The molecule has 3 nitrogen and oxygen atoms in total. The van der Waals surface area contributed by atoms with Gasteiger partial charge in [-0.15, -0.1) is 11.8 Å². The molecule has 1 aliphatic rings. The van der Waals surface area contributed by atoms with Crippen molar-refractivity contribution in [3.05, 3.63) is 0 Å². The Kier molecular flexibility index (Phi) is 15.4. The lowest BCUT2D eigenvalue weighted by Crippen LogP contribution is -2.49. The fourth-order valence-corrected chi connectivity index (χ4v) is 4.63. The van der Waals surface area contributed by atoms with E-state index in [0.29, 0.717) is 6.42 Å². The molecule has 4 heteroatoms. The van der Waals surface area contributed by atoms with Gasteiger partial charge in [0, 0.05) is 6.42 Å². The van der Waals surface area contributed by atoms with Crippen LogP contribution >= 0.6 is 11.8 Å². The summed E-state index contributed by atoms with van der Waals surface area (Å²) in [6.45, 7) is 2.28. The first-order valence-electron chi connectivity index (χ1n) is 11.6. The van der Waals surface area contributed by atoms with E-state index in [2.05, 4.69) is 6.92 Å². The maximum Gasteiger partial charge on any atom is 0.323 e. The van der Waals surface area contributed by atoms with Gasteiger partial charge in [-0.3, -0.25) is 4.79 Å². The van der Waals surface area contributed by atoms with E-state index in [-0.39, 0.29) is 23.4 Å². The van der Waals surface area contributed by atoms with Gasteiger partial charge in [-0.25, -0.2) is 0 Å². The maximum absolute atomic E-state index is 11.2. The molecule has 0 aromatic rings. The minimum Gasteiger partial charge on any atom is -0.460 e. The molecule has 1 heterocycles. The minimum absolute atomic E-state index is 0.0549. The quantitative estimate of drug-likeness (QED) is 0.195. The molecule has 0 bridgehead atoms. The summed E-state index contributed by atoms with van der Waals surface area (Å²) in [7, 11) is 0. The highest BCUT2D eigenvalue weighted by atomic mass is 32.2. The van der Waals surface area contributed by atoms with E-state index in [1.165, 1.54) is 102 Å². The lowest BCUT2D eigenvalue weighted by atomic mass is 9.99. The Morgan fingerprint density at radius 1 is 0.852 bits per heavy atom. The van der Waals surface area contributed by atoms with Crippen molar-refractivity contribution in [2.75, 3.05) is 6.26 Å². The molecule has 0 unspecified atom stereocenters. The van der Waals surface area contributed by atoms with Gasteiger partial charge < -0.3 is 9.84 Å². The zero-order chi connectivity index (χ0) is 19.7. The SMILES string of the molecule is CCCCCCCCCCCCCCCCC[C@H](O)C[C@@H]1OC(=O)[C@H]1SC. The molecule has 3 atom stereocenters. The van der Waals surface area contributed by atoms with E-state index < -0.39 is 0 Å². The molecular formula is C23H44O3S. The van der Waals surface area contributed by atoms with E-state index in [4.69, 9.17) is 4.74 Å². The fourth-order valence-electron chi connectivity index (χ4n) is 3.91. The zero-order valence-electron chi connectivity index (χ0n) is 17.9. The molecule has 1 N–H and O–H groups in total. The number of carbonyl (C=O) groups is 1. The van der Waals surface area contributed by atoms with Crippen LogP contribution in [0.25, 0.3) is 0 Å². The van der Waals surface area contributed by atoms with Crippen LogP contribution in [0, 0.1) is 0 Å². The summed E-state index contributed by atoms with van der Waals surface area (Å²) >= 11 is 1.53. The number of thioether (sulfide) groups is 1. The van der Waals surface area contributed by atoms with E-state index in [1.807, 2.05) is 6.26 Å². The average Bonchev–Trinajstić information content (AvgIpc) is 2.64. The van der Waals surface area contributed by atoms with Gasteiger partial charge in [0.15, 0.2) is 0 Å². The molecular weight excluding hydrogens is 356 g/mol. The molecule has 160 valence electrons.